The molecule has 0 bridgehead atoms. The van der Waals surface area contributed by atoms with Crippen molar-refractivity contribution < 1.29 is 9.53 Å². The van der Waals surface area contributed by atoms with Gasteiger partial charge in [-0.2, -0.15) is 0 Å². The van der Waals surface area contributed by atoms with Gasteiger partial charge in [0.2, 0.25) is 0 Å². The molecule has 0 aromatic carbocycles. The van der Waals surface area contributed by atoms with E-state index in [1.807, 2.05) is 37.3 Å². The van der Waals surface area contributed by atoms with Crippen molar-refractivity contribution >= 4 is 11.6 Å². The van der Waals surface area contributed by atoms with E-state index in [2.05, 4.69) is 4.98 Å². The molecule has 2 aromatic rings. The van der Waals surface area contributed by atoms with Crippen molar-refractivity contribution in [1.29, 1.82) is 0 Å². The van der Waals surface area contributed by atoms with Crippen LogP contribution >= 0.6 is 0 Å². The summed E-state index contributed by atoms with van der Waals surface area (Å²) in [6.07, 6.45) is 0. The maximum absolute atomic E-state index is 11.9. The minimum atomic E-state index is -0.314. The van der Waals surface area contributed by atoms with E-state index in [1.54, 1.807) is 6.92 Å². The van der Waals surface area contributed by atoms with Gasteiger partial charge in [0.15, 0.2) is 5.69 Å². The zero-order chi connectivity index (χ0) is 12.6. The maximum Gasteiger partial charge on any atom is 0.357 e. The third-order valence-corrected chi connectivity index (χ3v) is 2.93. The van der Waals surface area contributed by atoms with Gasteiger partial charge in [-0.3, -0.25) is 4.40 Å². The number of carbonyl (C=O) groups excluding carboxylic acids is 1. The van der Waals surface area contributed by atoms with Crippen LogP contribution in [0.1, 0.15) is 34.4 Å². The molecule has 0 spiro atoms. The van der Waals surface area contributed by atoms with Gasteiger partial charge in [-0.1, -0.05) is 6.07 Å². The highest BCUT2D eigenvalue weighted by atomic mass is 16.5. The number of fused-ring (bicyclic) bond motifs is 1. The summed E-state index contributed by atoms with van der Waals surface area (Å²) in [6, 6.07) is 3.92. The Balaban J connectivity index is 2.73. The van der Waals surface area contributed by atoms with E-state index in [-0.39, 0.29) is 5.97 Å². The van der Waals surface area contributed by atoms with Crippen molar-refractivity contribution in [3.05, 3.63) is 34.8 Å². The van der Waals surface area contributed by atoms with Crippen molar-refractivity contribution in [3.8, 4) is 0 Å². The number of hydrogen-bond acceptors (Lipinski definition) is 3. The first-order chi connectivity index (χ1) is 8.06. The predicted octanol–water partition coefficient (Wildman–Crippen LogP) is 2.44. The third-order valence-electron chi connectivity index (χ3n) is 2.93. The van der Waals surface area contributed by atoms with Gasteiger partial charge in [0.25, 0.3) is 0 Å². The molecule has 0 aliphatic heterocycles. The van der Waals surface area contributed by atoms with E-state index in [9.17, 15) is 4.79 Å². The molecule has 0 atom stereocenters. The van der Waals surface area contributed by atoms with Gasteiger partial charge in [0, 0.05) is 5.69 Å². The first kappa shape index (κ1) is 11.6. The highest BCUT2D eigenvalue weighted by Gasteiger charge is 2.19. The molecule has 0 unspecified atom stereocenters. The average Bonchev–Trinajstić information content (AvgIpc) is 2.61. The molecule has 2 aromatic heterocycles. The van der Waals surface area contributed by atoms with Crippen molar-refractivity contribution in [2.75, 3.05) is 6.61 Å². The number of aromatic nitrogens is 2. The summed E-state index contributed by atoms with van der Waals surface area (Å²) in [5, 5.41) is 0. The number of imidazole rings is 1. The van der Waals surface area contributed by atoms with Crippen molar-refractivity contribution in [1.82, 2.24) is 9.38 Å². The van der Waals surface area contributed by atoms with Crippen LogP contribution in [0.2, 0.25) is 0 Å². The molecule has 2 heterocycles. The van der Waals surface area contributed by atoms with Crippen LogP contribution < -0.4 is 0 Å². The Labute approximate surface area is 100 Å². The summed E-state index contributed by atoms with van der Waals surface area (Å²) in [5.74, 6) is -0.314. The van der Waals surface area contributed by atoms with Crippen LogP contribution in [0.25, 0.3) is 5.65 Å². The first-order valence-corrected chi connectivity index (χ1v) is 5.68. The van der Waals surface area contributed by atoms with E-state index in [1.165, 1.54) is 0 Å². The summed E-state index contributed by atoms with van der Waals surface area (Å²) in [5.41, 5.74) is 4.17. The fraction of sp³-hybridized carbons (Fsp3) is 0.385. The molecular weight excluding hydrogens is 216 g/mol. The number of hydrogen-bond donors (Lipinski definition) is 0. The van der Waals surface area contributed by atoms with Gasteiger partial charge < -0.3 is 4.74 Å². The zero-order valence-electron chi connectivity index (χ0n) is 10.6. The topological polar surface area (TPSA) is 43.6 Å². The number of nitrogens with zero attached hydrogens (tertiary/aromatic N) is 2. The second-order valence-corrected chi connectivity index (χ2v) is 4.06. The molecule has 0 radical (unpaired) electrons. The molecule has 4 nitrogen and oxygen atoms in total. The van der Waals surface area contributed by atoms with Gasteiger partial charge in [-0.05, 0) is 39.3 Å². The average molecular weight is 232 g/mol. The van der Waals surface area contributed by atoms with Crippen LogP contribution in [0.3, 0.4) is 0 Å². The molecule has 0 aliphatic carbocycles. The first-order valence-electron chi connectivity index (χ1n) is 5.68. The Hall–Kier alpha value is -1.84. The largest absolute Gasteiger partial charge is 0.461 e. The van der Waals surface area contributed by atoms with Crippen LogP contribution in [-0.4, -0.2) is 22.0 Å². The molecule has 0 aliphatic rings. The van der Waals surface area contributed by atoms with E-state index in [4.69, 9.17) is 4.74 Å². The SMILES string of the molecule is CCOC(=O)c1c(C)nc2ccc(C)c(C)n12. The summed E-state index contributed by atoms with van der Waals surface area (Å²) in [6.45, 7) is 7.99. The van der Waals surface area contributed by atoms with Gasteiger partial charge in [-0.15, -0.1) is 0 Å². The van der Waals surface area contributed by atoms with Crippen LogP contribution in [0, 0.1) is 20.8 Å². The zero-order valence-corrected chi connectivity index (χ0v) is 10.6. The predicted molar refractivity (Wildman–Crippen MR) is 65.4 cm³/mol. The molecule has 17 heavy (non-hydrogen) atoms. The number of aryl methyl sites for hydroxylation is 3. The minimum absolute atomic E-state index is 0.314. The molecular formula is C13H16N2O2. The second kappa shape index (κ2) is 4.20. The van der Waals surface area contributed by atoms with E-state index >= 15 is 0 Å². The van der Waals surface area contributed by atoms with Crippen LogP contribution in [0.4, 0.5) is 0 Å². The quantitative estimate of drug-likeness (QED) is 0.747. The standard InChI is InChI=1S/C13H16N2O2/c1-5-17-13(16)12-9(3)14-11-7-6-8(2)10(4)15(11)12/h6-7H,5H2,1-4H3. The molecule has 2 rings (SSSR count). The Morgan fingerprint density at radius 2 is 2.06 bits per heavy atom. The van der Waals surface area contributed by atoms with E-state index in [0.29, 0.717) is 18.0 Å². The Morgan fingerprint density at radius 1 is 1.35 bits per heavy atom. The molecule has 90 valence electrons. The lowest BCUT2D eigenvalue weighted by molar-refractivity contribution is 0.0517. The Kier molecular flexibility index (Phi) is 2.88. The van der Waals surface area contributed by atoms with Crippen molar-refractivity contribution in [3.63, 3.8) is 0 Å². The molecule has 0 amide bonds. The highest BCUT2D eigenvalue weighted by Crippen LogP contribution is 2.18. The maximum atomic E-state index is 11.9. The lowest BCUT2D eigenvalue weighted by atomic mass is 10.2. The monoisotopic (exact) mass is 232 g/mol. The summed E-state index contributed by atoms with van der Waals surface area (Å²) < 4.78 is 6.93. The molecule has 0 saturated heterocycles. The number of esters is 1. The van der Waals surface area contributed by atoms with Crippen molar-refractivity contribution in [2.24, 2.45) is 0 Å². The summed E-state index contributed by atoms with van der Waals surface area (Å²) >= 11 is 0. The van der Waals surface area contributed by atoms with E-state index in [0.717, 1.165) is 16.9 Å². The van der Waals surface area contributed by atoms with Crippen molar-refractivity contribution in [2.45, 2.75) is 27.7 Å². The van der Waals surface area contributed by atoms with E-state index < -0.39 is 0 Å². The number of rotatable bonds is 2. The molecule has 4 heteroatoms. The fourth-order valence-electron chi connectivity index (χ4n) is 1.94. The molecule has 0 saturated carbocycles. The lowest BCUT2D eigenvalue weighted by Crippen LogP contribution is -2.11. The smallest absolute Gasteiger partial charge is 0.357 e. The third kappa shape index (κ3) is 1.79. The van der Waals surface area contributed by atoms with Gasteiger partial charge in [0.05, 0.1) is 12.3 Å². The number of ether oxygens (including phenoxy) is 1. The lowest BCUT2D eigenvalue weighted by Gasteiger charge is -2.07. The summed E-state index contributed by atoms with van der Waals surface area (Å²) in [4.78, 5) is 16.3. The van der Waals surface area contributed by atoms with Crippen LogP contribution in [0.5, 0.6) is 0 Å². The van der Waals surface area contributed by atoms with Crippen LogP contribution in [0.15, 0.2) is 12.1 Å². The highest BCUT2D eigenvalue weighted by molar-refractivity contribution is 5.90. The van der Waals surface area contributed by atoms with Crippen LogP contribution in [-0.2, 0) is 4.74 Å². The fourth-order valence-corrected chi connectivity index (χ4v) is 1.94. The normalized spacial score (nSPS) is 10.8. The van der Waals surface area contributed by atoms with Gasteiger partial charge in [0.1, 0.15) is 5.65 Å². The second-order valence-electron chi connectivity index (χ2n) is 4.06. The van der Waals surface area contributed by atoms with Gasteiger partial charge in [-0.25, -0.2) is 9.78 Å². The number of carbonyl (C=O) groups is 1. The number of pyridine rings is 1. The Morgan fingerprint density at radius 3 is 2.71 bits per heavy atom. The molecule has 0 fully saturated rings. The Bertz CT molecular complexity index is 585. The minimum Gasteiger partial charge on any atom is -0.461 e. The van der Waals surface area contributed by atoms with Gasteiger partial charge >= 0.3 is 5.97 Å². The summed E-state index contributed by atoms with van der Waals surface area (Å²) in [7, 11) is 0. The molecule has 0 N–H and O–H groups in total.